The second-order valence-corrected chi connectivity index (χ2v) is 6.66. The molecule has 1 heterocycles. The van der Waals surface area contributed by atoms with Crippen molar-refractivity contribution in [2.75, 3.05) is 23.3 Å². The number of aryl methyl sites for hydroxylation is 1. The van der Waals surface area contributed by atoms with Crippen LogP contribution in [0.15, 0.2) is 48.5 Å². The molecule has 1 fully saturated rings. The first-order valence-electron chi connectivity index (χ1n) is 9.01. The Morgan fingerprint density at radius 3 is 2.28 bits per heavy atom. The van der Waals surface area contributed by atoms with Gasteiger partial charge < -0.3 is 15.0 Å². The Hall–Kier alpha value is -2.49. The van der Waals surface area contributed by atoms with Crippen LogP contribution in [0, 0.1) is 6.92 Å². The van der Waals surface area contributed by atoms with Crippen molar-refractivity contribution in [3.8, 4) is 5.75 Å². The van der Waals surface area contributed by atoms with Crippen LogP contribution in [0.25, 0.3) is 0 Å². The quantitative estimate of drug-likeness (QED) is 0.879. The molecule has 0 bridgehead atoms. The minimum Gasteiger partial charge on any atom is -0.481 e. The minimum absolute atomic E-state index is 0.147. The Balaban J connectivity index is 1.55. The lowest BCUT2D eigenvalue weighted by Gasteiger charge is -2.28. The summed E-state index contributed by atoms with van der Waals surface area (Å²) in [5, 5.41) is 2.92. The number of nitrogens with zero attached hydrogens (tertiary/aromatic N) is 1. The molecule has 1 aliphatic heterocycles. The number of rotatable bonds is 5. The average Bonchev–Trinajstić information content (AvgIpc) is 2.65. The van der Waals surface area contributed by atoms with Gasteiger partial charge in [-0.2, -0.15) is 0 Å². The highest BCUT2D eigenvalue weighted by Crippen LogP contribution is 2.22. The highest BCUT2D eigenvalue weighted by atomic mass is 16.5. The van der Waals surface area contributed by atoms with Crippen LogP contribution in [-0.4, -0.2) is 25.1 Å². The number of ether oxygens (including phenoxy) is 1. The second kappa shape index (κ2) is 8.06. The van der Waals surface area contributed by atoms with E-state index in [0.29, 0.717) is 5.75 Å². The third-order valence-corrected chi connectivity index (χ3v) is 4.56. The molecule has 1 N–H and O–H groups in total. The maximum Gasteiger partial charge on any atom is 0.265 e. The van der Waals surface area contributed by atoms with Gasteiger partial charge in [-0.05, 0) is 69.5 Å². The summed E-state index contributed by atoms with van der Waals surface area (Å²) in [4.78, 5) is 14.7. The lowest BCUT2D eigenvalue weighted by atomic mass is 10.1. The molecule has 4 heteroatoms. The lowest BCUT2D eigenvalue weighted by Crippen LogP contribution is -2.30. The smallest absolute Gasteiger partial charge is 0.265 e. The van der Waals surface area contributed by atoms with Gasteiger partial charge in [-0.15, -0.1) is 0 Å². The van der Waals surface area contributed by atoms with Crippen molar-refractivity contribution in [2.45, 2.75) is 39.2 Å². The fourth-order valence-corrected chi connectivity index (χ4v) is 3.03. The van der Waals surface area contributed by atoms with Crippen LogP contribution in [0.2, 0.25) is 0 Å². The summed E-state index contributed by atoms with van der Waals surface area (Å²) in [7, 11) is 0. The van der Waals surface area contributed by atoms with Gasteiger partial charge in [0.15, 0.2) is 6.10 Å². The number of carbonyl (C=O) groups is 1. The number of piperidine rings is 1. The van der Waals surface area contributed by atoms with E-state index in [2.05, 4.69) is 22.3 Å². The number of anilines is 2. The zero-order valence-electron chi connectivity index (χ0n) is 15.0. The van der Waals surface area contributed by atoms with Gasteiger partial charge in [0.25, 0.3) is 5.91 Å². The first-order valence-corrected chi connectivity index (χ1v) is 9.01. The van der Waals surface area contributed by atoms with Gasteiger partial charge in [-0.1, -0.05) is 17.7 Å². The normalized spacial score (nSPS) is 15.5. The van der Waals surface area contributed by atoms with E-state index >= 15 is 0 Å². The molecule has 3 rings (SSSR count). The van der Waals surface area contributed by atoms with Gasteiger partial charge in [-0.25, -0.2) is 0 Å². The number of carbonyl (C=O) groups excluding carboxylic acids is 1. The predicted octanol–water partition coefficient (Wildman–Crippen LogP) is 4.39. The van der Waals surface area contributed by atoms with E-state index < -0.39 is 6.10 Å². The van der Waals surface area contributed by atoms with Gasteiger partial charge in [0.05, 0.1) is 0 Å². The van der Waals surface area contributed by atoms with Crippen molar-refractivity contribution >= 4 is 17.3 Å². The summed E-state index contributed by atoms with van der Waals surface area (Å²) >= 11 is 0. The van der Waals surface area contributed by atoms with E-state index in [1.165, 1.54) is 30.5 Å². The molecule has 1 saturated heterocycles. The van der Waals surface area contributed by atoms with Crippen molar-refractivity contribution in [2.24, 2.45) is 0 Å². The van der Waals surface area contributed by atoms with Crippen molar-refractivity contribution < 1.29 is 9.53 Å². The molecule has 4 nitrogen and oxygen atoms in total. The van der Waals surface area contributed by atoms with E-state index in [1.807, 2.05) is 43.3 Å². The summed E-state index contributed by atoms with van der Waals surface area (Å²) in [6.07, 6.45) is 3.28. The van der Waals surface area contributed by atoms with E-state index in [0.717, 1.165) is 18.8 Å². The molecular weight excluding hydrogens is 312 g/mol. The molecule has 0 spiro atoms. The monoisotopic (exact) mass is 338 g/mol. The molecule has 0 unspecified atom stereocenters. The molecule has 1 amide bonds. The summed E-state index contributed by atoms with van der Waals surface area (Å²) in [6, 6.07) is 15.8. The van der Waals surface area contributed by atoms with Gasteiger partial charge in [0, 0.05) is 24.5 Å². The van der Waals surface area contributed by atoms with Gasteiger partial charge in [-0.3, -0.25) is 4.79 Å². The summed E-state index contributed by atoms with van der Waals surface area (Å²) < 4.78 is 5.70. The van der Waals surface area contributed by atoms with Crippen LogP contribution in [0.5, 0.6) is 5.75 Å². The Morgan fingerprint density at radius 1 is 1.00 bits per heavy atom. The predicted molar refractivity (Wildman–Crippen MR) is 102 cm³/mol. The standard InChI is InChI=1S/C21H26N2O2/c1-16-6-12-20(13-7-16)25-17(2)21(24)22-18-8-10-19(11-9-18)23-14-4-3-5-15-23/h6-13,17H,3-5,14-15H2,1-2H3,(H,22,24)/t17-/m1/s1. The Bertz CT molecular complexity index is 689. The van der Waals surface area contributed by atoms with Gasteiger partial charge in [0.2, 0.25) is 0 Å². The van der Waals surface area contributed by atoms with Crippen molar-refractivity contribution in [3.05, 3.63) is 54.1 Å². The fourth-order valence-electron chi connectivity index (χ4n) is 3.03. The second-order valence-electron chi connectivity index (χ2n) is 6.66. The molecule has 0 radical (unpaired) electrons. The SMILES string of the molecule is Cc1ccc(O[C@H](C)C(=O)Nc2ccc(N3CCCCC3)cc2)cc1. The van der Waals surface area contributed by atoms with Gasteiger partial charge >= 0.3 is 0 Å². The van der Waals surface area contributed by atoms with Crippen molar-refractivity contribution in [3.63, 3.8) is 0 Å². The molecule has 1 atom stereocenters. The zero-order valence-corrected chi connectivity index (χ0v) is 15.0. The Kier molecular flexibility index (Phi) is 5.59. The first-order chi connectivity index (χ1) is 12.1. The maximum atomic E-state index is 12.3. The van der Waals surface area contributed by atoms with Crippen molar-refractivity contribution in [1.29, 1.82) is 0 Å². The van der Waals surface area contributed by atoms with Crippen LogP contribution in [0.1, 0.15) is 31.7 Å². The summed E-state index contributed by atoms with van der Waals surface area (Å²) in [5.41, 5.74) is 3.19. The van der Waals surface area contributed by atoms with Crippen LogP contribution in [0.4, 0.5) is 11.4 Å². The van der Waals surface area contributed by atoms with Crippen LogP contribution in [0.3, 0.4) is 0 Å². The number of amides is 1. The van der Waals surface area contributed by atoms with Crippen LogP contribution in [-0.2, 0) is 4.79 Å². The molecule has 1 aliphatic rings. The number of hydrogen-bond donors (Lipinski definition) is 1. The molecule has 0 aliphatic carbocycles. The number of hydrogen-bond acceptors (Lipinski definition) is 3. The first kappa shape index (κ1) is 17.3. The zero-order chi connectivity index (χ0) is 17.6. The third-order valence-electron chi connectivity index (χ3n) is 4.56. The summed E-state index contributed by atoms with van der Waals surface area (Å²) in [6.45, 7) is 6.02. The molecule has 132 valence electrons. The van der Waals surface area contributed by atoms with E-state index in [9.17, 15) is 4.79 Å². The Labute approximate surface area is 149 Å². The van der Waals surface area contributed by atoms with Crippen LogP contribution >= 0.6 is 0 Å². The highest BCUT2D eigenvalue weighted by molar-refractivity contribution is 5.94. The van der Waals surface area contributed by atoms with E-state index in [1.54, 1.807) is 6.92 Å². The van der Waals surface area contributed by atoms with E-state index in [-0.39, 0.29) is 5.91 Å². The minimum atomic E-state index is -0.551. The number of nitrogens with one attached hydrogen (secondary N) is 1. The highest BCUT2D eigenvalue weighted by Gasteiger charge is 2.15. The largest absolute Gasteiger partial charge is 0.481 e. The summed E-state index contributed by atoms with van der Waals surface area (Å²) in [5.74, 6) is 0.556. The average molecular weight is 338 g/mol. The molecular formula is C21H26N2O2. The van der Waals surface area contributed by atoms with Crippen LogP contribution < -0.4 is 15.0 Å². The maximum absolute atomic E-state index is 12.3. The topological polar surface area (TPSA) is 41.6 Å². The molecule has 2 aromatic rings. The van der Waals surface area contributed by atoms with Gasteiger partial charge in [0.1, 0.15) is 5.75 Å². The molecule has 0 aromatic heterocycles. The fraction of sp³-hybridized carbons (Fsp3) is 0.381. The third kappa shape index (κ3) is 4.75. The van der Waals surface area contributed by atoms with Crippen molar-refractivity contribution in [1.82, 2.24) is 0 Å². The number of benzene rings is 2. The van der Waals surface area contributed by atoms with E-state index in [4.69, 9.17) is 4.74 Å². The Morgan fingerprint density at radius 2 is 1.64 bits per heavy atom. The molecule has 2 aromatic carbocycles. The molecule has 25 heavy (non-hydrogen) atoms. The molecule has 0 saturated carbocycles. The lowest BCUT2D eigenvalue weighted by molar-refractivity contribution is -0.122.